The number of methoxy groups -OCH3 is 1. The summed E-state index contributed by atoms with van der Waals surface area (Å²) in [6.07, 6.45) is 4.78. The lowest BCUT2D eigenvalue weighted by Crippen LogP contribution is -2.36. The lowest BCUT2D eigenvalue weighted by atomic mass is 9.99. The lowest BCUT2D eigenvalue weighted by Gasteiger charge is -2.25. The Morgan fingerprint density at radius 2 is 1.37 bits per heavy atom. The number of aromatic nitrogens is 4. The van der Waals surface area contributed by atoms with Crippen molar-refractivity contribution in [2.45, 2.75) is 43.9 Å². The number of amides is 2. The highest BCUT2D eigenvalue weighted by atomic mass is 32.1. The average molecular weight is 710 g/mol. The summed E-state index contributed by atoms with van der Waals surface area (Å²) in [5.74, 6) is -1.59. The van der Waals surface area contributed by atoms with Crippen LogP contribution in [-0.2, 0) is 36.7 Å². The van der Waals surface area contributed by atoms with Crippen LogP contribution in [0.1, 0.15) is 52.2 Å². The second kappa shape index (κ2) is 21.2. The number of hydrogen-bond acceptors (Lipinski definition) is 13. The number of nitrogens with zero attached hydrogens (tertiary/aromatic N) is 5. The Labute approximate surface area is 294 Å². The monoisotopic (exact) mass is 709 g/mol. The predicted molar refractivity (Wildman–Crippen MR) is 189 cm³/mol. The van der Waals surface area contributed by atoms with Crippen molar-refractivity contribution in [3.63, 3.8) is 0 Å². The van der Waals surface area contributed by atoms with Gasteiger partial charge in [0.25, 0.3) is 0 Å². The second-order valence-electron chi connectivity index (χ2n) is 11.2. The third-order valence-electron chi connectivity index (χ3n) is 7.64. The van der Waals surface area contributed by atoms with Crippen molar-refractivity contribution in [1.29, 1.82) is 0 Å². The number of rotatable bonds is 17. The number of unbranched alkanes of at least 4 members (excludes halogenated alkanes) is 1. The van der Waals surface area contributed by atoms with E-state index in [1.807, 2.05) is 60.7 Å². The molecule has 2 atom stereocenters. The maximum Gasteiger partial charge on any atom is 0.236 e. The van der Waals surface area contributed by atoms with Crippen LogP contribution < -0.4 is 10.6 Å². The molecule has 49 heavy (non-hydrogen) atoms. The van der Waals surface area contributed by atoms with Crippen molar-refractivity contribution in [2.75, 3.05) is 63.8 Å². The van der Waals surface area contributed by atoms with Gasteiger partial charge in [-0.05, 0) is 24.0 Å². The van der Waals surface area contributed by atoms with E-state index < -0.39 is 11.8 Å². The molecule has 3 heterocycles. The number of anilines is 2. The minimum absolute atomic E-state index is 0.181. The molecule has 0 spiro atoms. The molecule has 1 saturated heterocycles. The predicted octanol–water partition coefficient (Wildman–Crippen LogP) is 3.95. The molecule has 4 aromatic rings. The maximum absolute atomic E-state index is 12.8. The number of carbonyl (C=O) groups is 3. The van der Waals surface area contributed by atoms with Gasteiger partial charge in [-0.25, -0.2) is 0 Å². The first-order valence-corrected chi connectivity index (χ1v) is 17.8. The summed E-state index contributed by atoms with van der Waals surface area (Å²) >= 11 is 2.69. The molecule has 0 radical (unpaired) electrons. The molecule has 0 bridgehead atoms. The molecule has 0 aliphatic carbocycles. The Hall–Kier alpha value is -3.99. The van der Waals surface area contributed by atoms with E-state index in [4.69, 9.17) is 9.47 Å². The largest absolute Gasteiger partial charge is 0.395 e. The van der Waals surface area contributed by atoms with Gasteiger partial charge in [-0.3, -0.25) is 25.1 Å². The molecule has 1 aliphatic heterocycles. The number of carbonyl (C=O) groups excluding carboxylic acids is 3. The first-order chi connectivity index (χ1) is 24.0. The van der Waals surface area contributed by atoms with Gasteiger partial charge in [0.1, 0.15) is 16.3 Å². The summed E-state index contributed by atoms with van der Waals surface area (Å²) in [4.78, 5) is 37.7. The fourth-order valence-corrected chi connectivity index (χ4v) is 6.58. The van der Waals surface area contributed by atoms with Gasteiger partial charge in [-0.1, -0.05) is 83.3 Å². The van der Waals surface area contributed by atoms with Crippen molar-refractivity contribution >= 4 is 51.0 Å². The fraction of sp³-hybridized carbons (Fsp3) is 0.441. The molecule has 1 fully saturated rings. The van der Waals surface area contributed by atoms with Crippen LogP contribution in [0.25, 0.3) is 0 Å². The number of morpholine rings is 1. The van der Waals surface area contributed by atoms with E-state index in [0.29, 0.717) is 23.1 Å². The normalized spacial score (nSPS) is 14.2. The van der Waals surface area contributed by atoms with Gasteiger partial charge >= 0.3 is 0 Å². The molecule has 3 N–H and O–H groups in total. The number of aldehydes is 1. The highest BCUT2D eigenvalue weighted by Gasteiger charge is 2.23. The highest BCUT2D eigenvalue weighted by Crippen LogP contribution is 2.24. The van der Waals surface area contributed by atoms with Crippen LogP contribution in [0, 0.1) is 0 Å². The molecule has 2 aromatic heterocycles. The standard InChI is InChI=1S/C27H30N6O4S2.C7H13NO2/c1-37-17-21(19-12-6-3-7-13-19)25(36)29-27-33-31-23(39-27)15-9-8-14-22-30-32-26(38-22)28-24(35)20(16-34)18-10-4-2-5-11-18;9-5-1-2-8-3-6-10-7-4-8/h2-7,10-13,20-21,34H,8-9,14-17H2,1H3,(H,28,32,35)(H,29,33,36);5H,1-4,6-7H2. The zero-order valence-corrected chi connectivity index (χ0v) is 29.2. The highest BCUT2D eigenvalue weighted by molar-refractivity contribution is 7.15. The Kier molecular flexibility index (Phi) is 16.3. The van der Waals surface area contributed by atoms with Crippen LogP contribution >= 0.6 is 22.7 Å². The van der Waals surface area contributed by atoms with Gasteiger partial charge in [0, 0.05) is 46.0 Å². The van der Waals surface area contributed by atoms with Crippen LogP contribution in [0.2, 0.25) is 0 Å². The zero-order valence-electron chi connectivity index (χ0n) is 27.5. The Balaban J connectivity index is 0.000000463. The average Bonchev–Trinajstić information content (AvgIpc) is 3.79. The fourth-order valence-electron chi connectivity index (χ4n) is 5.01. The number of ether oxygens (including phenoxy) is 2. The van der Waals surface area contributed by atoms with Crippen LogP contribution in [-0.4, -0.2) is 102 Å². The van der Waals surface area contributed by atoms with Gasteiger partial charge < -0.3 is 19.4 Å². The van der Waals surface area contributed by atoms with E-state index in [9.17, 15) is 19.5 Å². The Bertz CT molecular complexity index is 1550. The molecule has 2 unspecified atom stereocenters. The quantitative estimate of drug-likeness (QED) is 0.107. The topological polar surface area (TPSA) is 169 Å². The van der Waals surface area contributed by atoms with E-state index in [2.05, 4.69) is 35.9 Å². The molecule has 15 heteroatoms. The summed E-state index contributed by atoms with van der Waals surface area (Å²) in [5, 5.41) is 34.4. The molecule has 2 amide bonds. The van der Waals surface area contributed by atoms with E-state index in [1.165, 1.54) is 22.7 Å². The minimum Gasteiger partial charge on any atom is -0.395 e. The molecule has 13 nitrogen and oxygen atoms in total. The Morgan fingerprint density at radius 1 is 0.857 bits per heavy atom. The van der Waals surface area contributed by atoms with Gasteiger partial charge in [-0.2, -0.15) is 0 Å². The minimum atomic E-state index is -0.663. The summed E-state index contributed by atoms with van der Waals surface area (Å²) in [7, 11) is 1.57. The van der Waals surface area contributed by atoms with E-state index in [1.54, 1.807) is 7.11 Å². The van der Waals surface area contributed by atoms with E-state index >= 15 is 0 Å². The van der Waals surface area contributed by atoms with Crippen molar-refractivity contribution in [1.82, 2.24) is 25.3 Å². The summed E-state index contributed by atoms with van der Waals surface area (Å²) in [5.41, 5.74) is 1.62. The van der Waals surface area contributed by atoms with Gasteiger partial charge in [0.2, 0.25) is 22.1 Å². The molecule has 262 valence electrons. The van der Waals surface area contributed by atoms with Gasteiger partial charge in [-0.15, -0.1) is 20.4 Å². The number of aliphatic hydroxyl groups is 1. The van der Waals surface area contributed by atoms with E-state index in [0.717, 1.165) is 79.5 Å². The van der Waals surface area contributed by atoms with Crippen molar-refractivity contribution in [2.24, 2.45) is 0 Å². The first kappa shape index (κ1) is 37.8. The lowest BCUT2D eigenvalue weighted by molar-refractivity contribution is -0.119. The molecular weight excluding hydrogens is 667 g/mol. The Morgan fingerprint density at radius 3 is 1.86 bits per heavy atom. The van der Waals surface area contributed by atoms with Crippen molar-refractivity contribution < 1.29 is 29.0 Å². The first-order valence-electron chi connectivity index (χ1n) is 16.2. The number of aliphatic hydroxyl groups excluding tert-OH is 1. The van der Waals surface area contributed by atoms with Gasteiger partial charge in [0.15, 0.2) is 0 Å². The van der Waals surface area contributed by atoms with E-state index in [-0.39, 0.29) is 25.0 Å². The van der Waals surface area contributed by atoms with Gasteiger partial charge in [0.05, 0.1) is 38.3 Å². The molecular formula is C34H43N7O6S2. The third kappa shape index (κ3) is 12.8. The second-order valence-corrected chi connectivity index (χ2v) is 13.3. The van der Waals surface area contributed by atoms with Crippen LogP contribution in [0.15, 0.2) is 60.7 Å². The third-order valence-corrected chi connectivity index (χ3v) is 9.44. The zero-order chi connectivity index (χ0) is 34.7. The SMILES string of the molecule is COCC(C(=O)Nc1nnc(CCCCc2nnc(NC(=O)C(CO)c3ccccc3)s2)s1)c1ccccc1.O=CCCN1CCOCC1. The van der Waals surface area contributed by atoms with Crippen LogP contribution in [0.5, 0.6) is 0 Å². The summed E-state index contributed by atoms with van der Waals surface area (Å²) in [6, 6.07) is 18.6. The molecule has 0 saturated carbocycles. The number of nitrogens with one attached hydrogen (secondary N) is 2. The smallest absolute Gasteiger partial charge is 0.236 e. The van der Waals surface area contributed by atoms with Crippen molar-refractivity contribution in [3.05, 3.63) is 81.8 Å². The van der Waals surface area contributed by atoms with Crippen LogP contribution in [0.4, 0.5) is 10.3 Å². The molecule has 5 rings (SSSR count). The molecule has 1 aliphatic rings. The maximum atomic E-state index is 12.8. The summed E-state index contributed by atoms with van der Waals surface area (Å²) in [6.45, 7) is 4.47. The molecule has 2 aromatic carbocycles. The number of aryl methyl sites for hydroxylation is 2. The number of hydrogen-bond donors (Lipinski definition) is 3. The van der Waals surface area contributed by atoms with Crippen LogP contribution in [0.3, 0.4) is 0 Å². The number of benzene rings is 2. The van der Waals surface area contributed by atoms with Crippen molar-refractivity contribution in [3.8, 4) is 0 Å². The summed E-state index contributed by atoms with van der Waals surface area (Å²) < 4.78 is 10.4.